The van der Waals surface area contributed by atoms with Crippen molar-refractivity contribution in [1.82, 2.24) is 4.98 Å². The monoisotopic (exact) mass is 232 g/mol. The van der Waals surface area contributed by atoms with Crippen molar-refractivity contribution < 1.29 is 4.74 Å². The highest BCUT2D eigenvalue weighted by atomic mass is 16.5. The lowest BCUT2D eigenvalue weighted by molar-refractivity contribution is 0.0996. The number of nitrogens with zero attached hydrogens (tertiary/aromatic N) is 2. The predicted octanol–water partition coefficient (Wildman–Crippen LogP) is 1.51. The summed E-state index contributed by atoms with van der Waals surface area (Å²) in [6, 6.07) is 3.80. The maximum absolute atomic E-state index is 8.72. The van der Waals surface area contributed by atoms with Crippen molar-refractivity contribution in [2.24, 2.45) is 0 Å². The van der Waals surface area contributed by atoms with Crippen molar-refractivity contribution in [3.8, 4) is 6.07 Å². The molecular weight excluding hydrogens is 216 g/mol. The fourth-order valence-corrected chi connectivity index (χ4v) is 1.97. The highest BCUT2D eigenvalue weighted by molar-refractivity contribution is 5.63. The molecule has 2 heterocycles. The summed E-state index contributed by atoms with van der Waals surface area (Å²) in [6.07, 6.45) is 3.89. The minimum atomic E-state index is 0.167. The Hall–Kier alpha value is -1.80. The van der Waals surface area contributed by atoms with E-state index in [1.165, 1.54) is 6.20 Å². The second-order valence-corrected chi connectivity index (χ2v) is 4.26. The van der Waals surface area contributed by atoms with Crippen molar-refractivity contribution >= 4 is 11.5 Å². The first-order valence-electron chi connectivity index (χ1n) is 5.74. The Labute approximate surface area is 101 Å². The molecule has 2 atom stereocenters. The molecule has 0 saturated carbocycles. The summed E-state index contributed by atoms with van der Waals surface area (Å²) in [7, 11) is 0. The van der Waals surface area contributed by atoms with Gasteiger partial charge in [0.15, 0.2) is 0 Å². The number of nitrogens with two attached hydrogens (primary N) is 1. The van der Waals surface area contributed by atoms with E-state index in [1.807, 2.05) is 6.07 Å². The molecule has 0 amide bonds. The zero-order valence-electron chi connectivity index (χ0n) is 9.81. The van der Waals surface area contributed by atoms with E-state index in [-0.39, 0.29) is 12.1 Å². The Morgan fingerprint density at radius 3 is 3.12 bits per heavy atom. The molecule has 1 aromatic heterocycles. The van der Waals surface area contributed by atoms with Gasteiger partial charge in [-0.3, -0.25) is 0 Å². The Balaban J connectivity index is 2.05. The van der Waals surface area contributed by atoms with Crippen molar-refractivity contribution in [1.29, 1.82) is 5.26 Å². The van der Waals surface area contributed by atoms with Gasteiger partial charge in [0, 0.05) is 12.8 Å². The summed E-state index contributed by atoms with van der Waals surface area (Å²) in [5.74, 6) is 0.618. The van der Waals surface area contributed by atoms with Gasteiger partial charge in [-0.2, -0.15) is 5.26 Å². The van der Waals surface area contributed by atoms with Gasteiger partial charge >= 0.3 is 0 Å². The molecule has 1 aliphatic heterocycles. The van der Waals surface area contributed by atoms with Gasteiger partial charge < -0.3 is 15.8 Å². The highest BCUT2D eigenvalue weighted by Gasteiger charge is 2.22. The smallest absolute Gasteiger partial charge is 0.149 e. The third-order valence-corrected chi connectivity index (χ3v) is 2.93. The number of rotatable bonds is 3. The Morgan fingerprint density at radius 1 is 1.71 bits per heavy atom. The molecule has 0 aromatic carbocycles. The van der Waals surface area contributed by atoms with Gasteiger partial charge in [0.25, 0.3) is 0 Å². The number of pyridine rings is 1. The van der Waals surface area contributed by atoms with Crippen LogP contribution in [0.2, 0.25) is 0 Å². The van der Waals surface area contributed by atoms with Crippen molar-refractivity contribution in [2.45, 2.75) is 31.9 Å². The van der Waals surface area contributed by atoms with Crippen LogP contribution in [0.15, 0.2) is 12.3 Å². The SMILES string of the molecule is CC(Nc1ncc(C#N)cc1N)C1CCCO1. The van der Waals surface area contributed by atoms with Gasteiger partial charge in [-0.25, -0.2) is 4.98 Å². The number of nitrogens with one attached hydrogen (secondary N) is 1. The summed E-state index contributed by atoms with van der Waals surface area (Å²) < 4.78 is 5.59. The van der Waals surface area contributed by atoms with Gasteiger partial charge in [0.05, 0.1) is 23.4 Å². The fraction of sp³-hybridized carbons (Fsp3) is 0.500. The Kier molecular flexibility index (Phi) is 3.45. The van der Waals surface area contributed by atoms with Crippen LogP contribution in [0, 0.1) is 11.3 Å². The first-order chi connectivity index (χ1) is 8.20. The average molecular weight is 232 g/mol. The highest BCUT2D eigenvalue weighted by Crippen LogP contribution is 2.21. The van der Waals surface area contributed by atoms with Gasteiger partial charge in [-0.05, 0) is 25.8 Å². The van der Waals surface area contributed by atoms with Crippen molar-refractivity contribution in [3.63, 3.8) is 0 Å². The molecule has 1 aliphatic rings. The molecule has 5 heteroatoms. The van der Waals surface area contributed by atoms with Gasteiger partial charge in [0.1, 0.15) is 11.9 Å². The summed E-state index contributed by atoms with van der Waals surface area (Å²) >= 11 is 0. The molecular formula is C12H16N4O. The second kappa shape index (κ2) is 5.02. The van der Waals surface area contributed by atoms with Crippen LogP contribution in [0.1, 0.15) is 25.3 Å². The zero-order valence-corrected chi connectivity index (χ0v) is 9.81. The molecule has 3 N–H and O–H groups in total. The van der Waals surface area contributed by atoms with E-state index in [9.17, 15) is 0 Å². The van der Waals surface area contributed by atoms with E-state index >= 15 is 0 Å². The molecule has 90 valence electrons. The first kappa shape index (κ1) is 11.7. The number of nitrogen functional groups attached to an aromatic ring is 1. The number of anilines is 2. The maximum Gasteiger partial charge on any atom is 0.149 e. The van der Waals surface area contributed by atoms with Crippen LogP contribution in [0.4, 0.5) is 11.5 Å². The van der Waals surface area contributed by atoms with Crippen LogP contribution in [0.5, 0.6) is 0 Å². The Morgan fingerprint density at radius 2 is 2.53 bits per heavy atom. The van der Waals surface area contributed by atoms with E-state index in [0.29, 0.717) is 17.1 Å². The number of aromatic nitrogens is 1. The largest absolute Gasteiger partial charge is 0.396 e. The molecule has 5 nitrogen and oxygen atoms in total. The van der Waals surface area contributed by atoms with E-state index in [4.69, 9.17) is 15.7 Å². The van der Waals surface area contributed by atoms with Crippen LogP contribution in [-0.2, 0) is 4.74 Å². The van der Waals surface area contributed by atoms with Crippen LogP contribution >= 0.6 is 0 Å². The minimum Gasteiger partial charge on any atom is -0.396 e. The molecule has 2 rings (SSSR count). The summed E-state index contributed by atoms with van der Waals surface area (Å²) in [6.45, 7) is 2.88. The zero-order chi connectivity index (χ0) is 12.3. The van der Waals surface area contributed by atoms with Crippen LogP contribution in [0.3, 0.4) is 0 Å². The number of nitriles is 1. The molecule has 0 spiro atoms. The number of hydrogen-bond donors (Lipinski definition) is 2. The lowest BCUT2D eigenvalue weighted by Crippen LogP contribution is -2.30. The third kappa shape index (κ3) is 2.66. The summed E-state index contributed by atoms with van der Waals surface area (Å²) in [4.78, 5) is 4.15. The van der Waals surface area contributed by atoms with Crippen LogP contribution in [-0.4, -0.2) is 23.7 Å². The first-order valence-corrected chi connectivity index (χ1v) is 5.74. The van der Waals surface area contributed by atoms with Gasteiger partial charge in [-0.1, -0.05) is 0 Å². The molecule has 1 saturated heterocycles. The maximum atomic E-state index is 8.72. The van der Waals surface area contributed by atoms with Crippen molar-refractivity contribution in [3.05, 3.63) is 17.8 Å². The second-order valence-electron chi connectivity index (χ2n) is 4.26. The Bertz CT molecular complexity index is 435. The fourth-order valence-electron chi connectivity index (χ4n) is 1.97. The molecule has 1 fully saturated rings. The average Bonchev–Trinajstić information content (AvgIpc) is 2.85. The number of ether oxygens (including phenoxy) is 1. The molecule has 1 aromatic rings. The minimum absolute atomic E-state index is 0.167. The molecule has 0 aliphatic carbocycles. The van der Waals surface area contributed by atoms with Crippen LogP contribution in [0.25, 0.3) is 0 Å². The quantitative estimate of drug-likeness (QED) is 0.825. The van der Waals surface area contributed by atoms with Gasteiger partial charge in [-0.15, -0.1) is 0 Å². The number of hydrogen-bond acceptors (Lipinski definition) is 5. The van der Waals surface area contributed by atoms with E-state index in [0.717, 1.165) is 19.4 Å². The summed E-state index contributed by atoms with van der Waals surface area (Å²) in [5.41, 5.74) is 6.79. The third-order valence-electron chi connectivity index (χ3n) is 2.93. The molecule has 0 radical (unpaired) electrons. The van der Waals surface area contributed by atoms with Crippen LogP contribution < -0.4 is 11.1 Å². The van der Waals surface area contributed by atoms with E-state index in [2.05, 4.69) is 17.2 Å². The molecule has 0 bridgehead atoms. The molecule has 2 unspecified atom stereocenters. The lowest BCUT2D eigenvalue weighted by atomic mass is 10.1. The summed E-state index contributed by atoms with van der Waals surface area (Å²) in [5, 5.41) is 12.0. The molecule has 17 heavy (non-hydrogen) atoms. The lowest BCUT2D eigenvalue weighted by Gasteiger charge is -2.21. The topological polar surface area (TPSA) is 84.0 Å². The van der Waals surface area contributed by atoms with E-state index in [1.54, 1.807) is 6.07 Å². The van der Waals surface area contributed by atoms with Crippen molar-refractivity contribution in [2.75, 3.05) is 17.7 Å². The van der Waals surface area contributed by atoms with E-state index < -0.39 is 0 Å². The predicted molar refractivity (Wildman–Crippen MR) is 65.4 cm³/mol. The normalized spacial score (nSPS) is 20.8. The van der Waals surface area contributed by atoms with Gasteiger partial charge in [0.2, 0.25) is 0 Å². The standard InChI is InChI=1S/C12H16N4O/c1-8(11-3-2-4-17-11)16-12-10(14)5-9(6-13)7-15-12/h5,7-8,11H,2-4,14H2,1H3,(H,15,16).